The van der Waals surface area contributed by atoms with Gasteiger partial charge in [0, 0.05) is 6.61 Å². The van der Waals surface area contributed by atoms with Gasteiger partial charge in [-0.15, -0.1) is 0 Å². The number of halogens is 1. The number of phenolic OH excluding ortho intramolecular Hbond substituents is 1. The molecule has 130 valence electrons. The Morgan fingerprint density at radius 1 is 1.40 bits per heavy atom. The van der Waals surface area contributed by atoms with Crippen molar-refractivity contribution in [3.8, 4) is 11.5 Å². The van der Waals surface area contributed by atoms with Crippen molar-refractivity contribution in [3.05, 3.63) is 29.8 Å². The summed E-state index contributed by atoms with van der Waals surface area (Å²) in [5, 5.41) is 13.4. The van der Waals surface area contributed by atoms with Gasteiger partial charge in [0.2, 0.25) is 5.28 Å². The number of benzene rings is 1. The van der Waals surface area contributed by atoms with Crippen LogP contribution in [0.4, 0.5) is 11.5 Å². The van der Waals surface area contributed by atoms with E-state index >= 15 is 0 Å². The van der Waals surface area contributed by atoms with Crippen LogP contribution in [0.3, 0.4) is 0 Å². The van der Waals surface area contributed by atoms with Gasteiger partial charge in [-0.1, -0.05) is 6.07 Å². The molecule has 1 atom stereocenters. The summed E-state index contributed by atoms with van der Waals surface area (Å²) < 4.78 is 12.7. The summed E-state index contributed by atoms with van der Waals surface area (Å²) in [4.78, 5) is 12.9. The summed E-state index contributed by atoms with van der Waals surface area (Å²) >= 11 is 6.09. The smallest absolute Gasteiger partial charge is 0.226 e. The largest absolute Gasteiger partial charge is 0.503 e. The summed E-state index contributed by atoms with van der Waals surface area (Å²) in [6, 6.07) is 5.12. The normalized spacial score (nSPS) is 17.1. The number of anilines is 2. The Labute approximate surface area is 148 Å². The van der Waals surface area contributed by atoms with Gasteiger partial charge in [0.25, 0.3) is 0 Å². The minimum absolute atomic E-state index is 0.0218. The number of hydrogen-bond acceptors (Lipinski definition) is 7. The van der Waals surface area contributed by atoms with Gasteiger partial charge in [-0.25, -0.2) is 4.98 Å². The number of aromatic hydroxyl groups is 1. The molecule has 2 aromatic heterocycles. The maximum atomic E-state index is 10.3. The highest BCUT2D eigenvalue weighted by Crippen LogP contribution is 2.36. The fraction of sp³-hybridized carbons (Fsp3) is 0.312. The van der Waals surface area contributed by atoms with Crippen molar-refractivity contribution in [1.82, 2.24) is 19.5 Å². The summed E-state index contributed by atoms with van der Waals surface area (Å²) in [7, 11) is 1.49. The summed E-state index contributed by atoms with van der Waals surface area (Å²) in [5.74, 6) is 0.730. The average Bonchev–Trinajstić information content (AvgIpc) is 3.25. The molecule has 0 radical (unpaired) electrons. The molecular formula is C16H16ClN5O3. The zero-order valence-corrected chi connectivity index (χ0v) is 14.2. The molecule has 1 aromatic carbocycles. The van der Waals surface area contributed by atoms with Crippen LogP contribution in [0.15, 0.2) is 24.5 Å². The molecule has 8 nitrogen and oxygen atoms in total. The van der Waals surface area contributed by atoms with Gasteiger partial charge in [-0.2, -0.15) is 9.97 Å². The number of hydrogen-bond donors (Lipinski definition) is 2. The number of nitrogens with zero attached hydrogens (tertiary/aromatic N) is 4. The van der Waals surface area contributed by atoms with Gasteiger partial charge >= 0.3 is 0 Å². The molecule has 1 saturated heterocycles. The molecule has 0 bridgehead atoms. The lowest BCUT2D eigenvalue weighted by molar-refractivity contribution is 0.0593. The maximum absolute atomic E-state index is 10.3. The van der Waals surface area contributed by atoms with Crippen LogP contribution in [-0.2, 0) is 4.74 Å². The van der Waals surface area contributed by atoms with Crippen LogP contribution >= 0.6 is 11.6 Å². The highest BCUT2D eigenvalue weighted by Gasteiger charge is 2.22. The highest BCUT2D eigenvalue weighted by atomic mass is 35.5. The monoisotopic (exact) mass is 361 g/mol. The molecule has 1 aliphatic heterocycles. The molecular weight excluding hydrogens is 346 g/mol. The minimum atomic E-state index is -0.103. The number of fused-ring (bicyclic) bond motifs is 1. The number of rotatable bonds is 4. The molecule has 3 heterocycles. The van der Waals surface area contributed by atoms with Crippen LogP contribution in [0.1, 0.15) is 19.1 Å². The second-order valence-electron chi connectivity index (χ2n) is 5.61. The van der Waals surface area contributed by atoms with E-state index in [2.05, 4.69) is 20.3 Å². The van der Waals surface area contributed by atoms with Crippen molar-refractivity contribution in [2.24, 2.45) is 0 Å². The third kappa shape index (κ3) is 2.83. The Balaban J connectivity index is 1.77. The maximum Gasteiger partial charge on any atom is 0.226 e. The SMILES string of the molecule is COc1cccc(Nc2nc(Cl)nc3c2ncn3C2CCCO2)c1O. The number of methoxy groups -OCH3 is 1. The van der Waals surface area contributed by atoms with Crippen LogP contribution in [0.25, 0.3) is 11.2 Å². The lowest BCUT2D eigenvalue weighted by Gasteiger charge is -2.13. The van der Waals surface area contributed by atoms with Crippen LogP contribution in [0, 0.1) is 0 Å². The minimum Gasteiger partial charge on any atom is -0.503 e. The number of ether oxygens (including phenoxy) is 2. The number of phenols is 1. The van der Waals surface area contributed by atoms with Crippen LogP contribution in [-0.4, -0.2) is 38.3 Å². The fourth-order valence-corrected chi connectivity index (χ4v) is 3.05. The van der Waals surface area contributed by atoms with Crippen LogP contribution in [0.5, 0.6) is 11.5 Å². The summed E-state index contributed by atoms with van der Waals surface area (Å²) in [6.45, 7) is 0.714. The molecule has 1 unspecified atom stereocenters. The molecule has 3 aromatic rings. The van der Waals surface area contributed by atoms with E-state index in [0.29, 0.717) is 35.0 Å². The molecule has 0 amide bonds. The standard InChI is InChI=1S/C16H16ClN5O3/c1-24-10-5-2-4-9(13(10)23)19-14-12-15(21-16(17)20-14)22(8-18-12)11-6-3-7-25-11/h2,4-5,8,11,23H,3,6-7H2,1H3,(H,19,20,21). The van der Waals surface area contributed by atoms with E-state index in [4.69, 9.17) is 21.1 Å². The zero-order chi connectivity index (χ0) is 17.4. The molecule has 1 fully saturated rings. The predicted molar refractivity (Wildman–Crippen MR) is 92.5 cm³/mol. The molecule has 25 heavy (non-hydrogen) atoms. The van der Waals surface area contributed by atoms with Gasteiger partial charge in [-0.05, 0) is 36.6 Å². The van der Waals surface area contributed by atoms with E-state index in [-0.39, 0.29) is 17.3 Å². The first-order valence-corrected chi connectivity index (χ1v) is 8.20. The molecule has 0 spiro atoms. The second kappa shape index (κ2) is 6.38. The Hall–Kier alpha value is -2.58. The van der Waals surface area contributed by atoms with Crippen molar-refractivity contribution in [2.45, 2.75) is 19.1 Å². The Morgan fingerprint density at radius 3 is 3.04 bits per heavy atom. The van der Waals surface area contributed by atoms with Gasteiger partial charge < -0.3 is 19.9 Å². The van der Waals surface area contributed by atoms with E-state index < -0.39 is 0 Å². The fourth-order valence-electron chi connectivity index (χ4n) is 2.88. The molecule has 2 N–H and O–H groups in total. The lowest BCUT2D eigenvalue weighted by Crippen LogP contribution is -2.07. The van der Waals surface area contributed by atoms with Crippen molar-refractivity contribution in [1.29, 1.82) is 0 Å². The summed E-state index contributed by atoms with van der Waals surface area (Å²) in [6.07, 6.45) is 3.45. The lowest BCUT2D eigenvalue weighted by atomic mass is 10.2. The van der Waals surface area contributed by atoms with Gasteiger partial charge in [0.05, 0.1) is 19.1 Å². The average molecular weight is 362 g/mol. The quantitative estimate of drug-likeness (QED) is 0.544. The summed E-state index contributed by atoms with van der Waals surface area (Å²) in [5.41, 5.74) is 1.56. The molecule has 4 rings (SSSR count). The first kappa shape index (κ1) is 15.9. The van der Waals surface area contributed by atoms with E-state index in [1.807, 2.05) is 4.57 Å². The number of aromatic nitrogens is 4. The van der Waals surface area contributed by atoms with Gasteiger partial charge in [0.15, 0.2) is 28.5 Å². The van der Waals surface area contributed by atoms with Crippen molar-refractivity contribution in [3.63, 3.8) is 0 Å². The molecule has 9 heteroatoms. The first-order valence-electron chi connectivity index (χ1n) is 7.82. The number of nitrogens with one attached hydrogen (secondary N) is 1. The van der Waals surface area contributed by atoms with E-state index in [9.17, 15) is 5.11 Å². The van der Waals surface area contributed by atoms with Gasteiger partial charge in [-0.3, -0.25) is 4.57 Å². The topological polar surface area (TPSA) is 94.3 Å². The predicted octanol–water partition coefficient (Wildman–Crippen LogP) is 3.25. The Kier molecular flexibility index (Phi) is 4.06. The molecule has 1 aliphatic rings. The highest BCUT2D eigenvalue weighted by molar-refractivity contribution is 6.28. The Bertz CT molecular complexity index is 924. The van der Waals surface area contributed by atoms with E-state index in [0.717, 1.165) is 12.8 Å². The third-order valence-corrected chi connectivity index (χ3v) is 4.25. The number of para-hydroxylation sites is 1. The third-order valence-electron chi connectivity index (χ3n) is 4.08. The second-order valence-corrected chi connectivity index (χ2v) is 5.95. The van der Waals surface area contributed by atoms with Crippen molar-refractivity contribution >= 4 is 34.3 Å². The van der Waals surface area contributed by atoms with Crippen LogP contribution in [0.2, 0.25) is 5.28 Å². The van der Waals surface area contributed by atoms with Crippen LogP contribution < -0.4 is 10.1 Å². The molecule has 0 saturated carbocycles. The first-order chi connectivity index (χ1) is 12.2. The van der Waals surface area contributed by atoms with E-state index in [1.165, 1.54) is 7.11 Å². The van der Waals surface area contributed by atoms with Gasteiger partial charge in [0.1, 0.15) is 6.23 Å². The Morgan fingerprint density at radius 2 is 2.28 bits per heavy atom. The zero-order valence-electron chi connectivity index (χ0n) is 13.4. The van der Waals surface area contributed by atoms with Crippen molar-refractivity contribution < 1.29 is 14.6 Å². The van der Waals surface area contributed by atoms with Crippen molar-refractivity contribution in [2.75, 3.05) is 19.0 Å². The molecule has 0 aliphatic carbocycles. The van der Waals surface area contributed by atoms with E-state index in [1.54, 1.807) is 24.5 Å². The number of imidazole rings is 1.